The molecular weight excluding hydrogens is 556 g/mol. The van der Waals surface area contributed by atoms with Crippen LogP contribution >= 0.6 is 27.3 Å². The van der Waals surface area contributed by atoms with Crippen molar-refractivity contribution in [3.05, 3.63) is 100.0 Å². The number of carbonyl (C=O) groups is 2. The SMILES string of the molecule is O=C(Nc1ccc(S(=O)(=O)Nc2nccs2)cc1)/C(=C/c1ccc(Br)cc1)NC(=O)c1ccco1. The average molecular weight is 573 g/mol. The molecule has 0 aliphatic rings. The lowest BCUT2D eigenvalue weighted by Gasteiger charge is -2.11. The summed E-state index contributed by atoms with van der Waals surface area (Å²) in [6.07, 6.45) is 4.36. The van der Waals surface area contributed by atoms with E-state index in [1.54, 1.807) is 35.7 Å². The van der Waals surface area contributed by atoms with Gasteiger partial charge in [0.15, 0.2) is 10.9 Å². The Balaban J connectivity index is 1.52. The number of sulfonamides is 1. The molecule has 3 N–H and O–H groups in total. The summed E-state index contributed by atoms with van der Waals surface area (Å²) in [6.45, 7) is 0. The number of nitrogens with zero attached hydrogens (tertiary/aromatic N) is 1. The van der Waals surface area contributed by atoms with Gasteiger partial charge in [0, 0.05) is 21.7 Å². The summed E-state index contributed by atoms with van der Waals surface area (Å²) in [5.74, 6) is -1.16. The van der Waals surface area contributed by atoms with Crippen molar-refractivity contribution in [2.24, 2.45) is 0 Å². The summed E-state index contributed by atoms with van der Waals surface area (Å²) < 4.78 is 33.3. The molecule has 0 aliphatic carbocycles. The van der Waals surface area contributed by atoms with Crippen LogP contribution in [-0.4, -0.2) is 25.2 Å². The van der Waals surface area contributed by atoms with Gasteiger partial charge < -0.3 is 15.1 Å². The van der Waals surface area contributed by atoms with E-state index < -0.39 is 21.8 Å². The minimum absolute atomic E-state index is 0.00227. The Kier molecular flexibility index (Phi) is 7.44. The molecule has 0 radical (unpaired) electrons. The number of halogens is 1. The van der Waals surface area contributed by atoms with Crippen LogP contribution in [-0.2, 0) is 14.8 Å². The Bertz CT molecular complexity index is 1450. The number of nitrogens with one attached hydrogen (secondary N) is 3. The summed E-state index contributed by atoms with van der Waals surface area (Å²) in [4.78, 5) is 29.4. The first-order valence-electron chi connectivity index (χ1n) is 9.96. The minimum Gasteiger partial charge on any atom is -0.459 e. The minimum atomic E-state index is -3.83. The maximum atomic E-state index is 13.0. The lowest BCUT2D eigenvalue weighted by atomic mass is 10.2. The number of benzene rings is 2. The van der Waals surface area contributed by atoms with Gasteiger partial charge in [-0.25, -0.2) is 13.4 Å². The number of hydrogen-bond donors (Lipinski definition) is 3. The molecule has 0 fully saturated rings. The topological polar surface area (TPSA) is 130 Å². The van der Waals surface area contributed by atoms with Crippen molar-refractivity contribution in [1.82, 2.24) is 10.3 Å². The monoisotopic (exact) mass is 572 g/mol. The van der Waals surface area contributed by atoms with Gasteiger partial charge in [0.2, 0.25) is 0 Å². The number of anilines is 2. The van der Waals surface area contributed by atoms with Gasteiger partial charge in [0.1, 0.15) is 5.70 Å². The first-order chi connectivity index (χ1) is 16.8. The second-order valence-corrected chi connectivity index (χ2v) is 10.5. The van der Waals surface area contributed by atoms with Gasteiger partial charge in [-0.3, -0.25) is 14.3 Å². The molecular formula is C23H17BrN4O5S2. The summed E-state index contributed by atoms with van der Waals surface area (Å²) in [5.41, 5.74) is 0.973. The highest BCUT2D eigenvalue weighted by Crippen LogP contribution is 2.20. The Morgan fingerprint density at radius 3 is 2.40 bits per heavy atom. The zero-order valence-electron chi connectivity index (χ0n) is 17.8. The number of amides is 2. The highest BCUT2D eigenvalue weighted by Gasteiger charge is 2.18. The molecule has 2 amide bonds. The van der Waals surface area contributed by atoms with Crippen molar-refractivity contribution in [3.63, 3.8) is 0 Å². The number of rotatable bonds is 8. The normalized spacial score (nSPS) is 11.6. The van der Waals surface area contributed by atoms with Crippen LogP contribution in [0.25, 0.3) is 6.08 Å². The third kappa shape index (κ3) is 6.44. The smallest absolute Gasteiger partial charge is 0.291 e. The maximum Gasteiger partial charge on any atom is 0.291 e. The van der Waals surface area contributed by atoms with E-state index in [0.29, 0.717) is 11.3 Å². The third-order valence-corrected chi connectivity index (χ3v) is 7.20. The van der Waals surface area contributed by atoms with Crippen LogP contribution < -0.4 is 15.4 Å². The molecule has 0 atom stereocenters. The molecule has 2 aromatic carbocycles. The highest BCUT2D eigenvalue weighted by atomic mass is 79.9. The van der Waals surface area contributed by atoms with E-state index in [-0.39, 0.29) is 21.5 Å². The fourth-order valence-corrected chi connectivity index (χ4v) is 4.89. The van der Waals surface area contributed by atoms with Crippen LogP contribution in [0.2, 0.25) is 0 Å². The lowest BCUT2D eigenvalue weighted by Crippen LogP contribution is -2.30. The fraction of sp³-hybridized carbons (Fsp3) is 0. The summed E-state index contributed by atoms with van der Waals surface area (Å²) in [6, 6.07) is 15.8. The average Bonchev–Trinajstić information content (AvgIpc) is 3.55. The molecule has 4 aromatic rings. The quantitative estimate of drug-likeness (QED) is 0.262. The zero-order valence-corrected chi connectivity index (χ0v) is 21.0. The van der Waals surface area contributed by atoms with E-state index in [1.165, 1.54) is 48.9 Å². The van der Waals surface area contributed by atoms with Crippen molar-refractivity contribution in [3.8, 4) is 0 Å². The van der Waals surface area contributed by atoms with Crippen molar-refractivity contribution in [2.45, 2.75) is 4.90 Å². The number of carbonyl (C=O) groups excluding carboxylic acids is 2. The molecule has 4 rings (SSSR count). The van der Waals surface area contributed by atoms with Crippen LogP contribution in [0.15, 0.2) is 98.0 Å². The molecule has 178 valence electrons. The molecule has 12 heteroatoms. The number of aromatic nitrogens is 1. The van der Waals surface area contributed by atoms with E-state index in [1.807, 2.05) is 0 Å². The van der Waals surface area contributed by atoms with Gasteiger partial charge in [-0.2, -0.15) is 0 Å². The molecule has 0 unspecified atom stereocenters. The number of hydrogen-bond acceptors (Lipinski definition) is 7. The summed E-state index contributed by atoms with van der Waals surface area (Å²) >= 11 is 4.51. The highest BCUT2D eigenvalue weighted by molar-refractivity contribution is 9.10. The molecule has 0 spiro atoms. The van der Waals surface area contributed by atoms with Crippen molar-refractivity contribution < 1.29 is 22.4 Å². The van der Waals surface area contributed by atoms with Gasteiger partial charge in [-0.1, -0.05) is 28.1 Å². The van der Waals surface area contributed by atoms with Gasteiger partial charge in [0.05, 0.1) is 11.2 Å². The fourth-order valence-electron chi connectivity index (χ4n) is 2.84. The van der Waals surface area contributed by atoms with Crippen LogP contribution in [0.4, 0.5) is 10.8 Å². The molecule has 0 aliphatic heterocycles. The van der Waals surface area contributed by atoms with Crippen molar-refractivity contribution in [1.29, 1.82) is 0 Å². The molecule has 35 heavy (non-hydrogen) atoms. The number of thiazole rings is 1. The van der Waals surface area contributed by atoms with Gasteiger partial charge in [-0.15, -0.1) is 11.3 Å². The Morgan fingerprint density at radius 1 is 1.03 bits per heavy atom. The predicted molar refractivity (Wildman–Crippen MR) is 136 cm³/mol. The van der Waals surface area contributed by atoms with Crippen LogP contribution in [0.5, 0.6) is 0 Å². The first kappa shape index (κ1) is 24.4. The van der Waals surface area contributed by atoms with Gasteiger partial charge >= 0.3 is 0 Å². The summed E-state index contributed by atoms with van der Waals surface area (Å²) in [7, 11) is -3.83. The Labute approximate surface area is 213 Å². The second kappa shape index (κ2) is 10.7. The van der Waals surface area contributed by atoms with Crippen molar-refractivity contribution in [2.75, 3.05) is 10.0 Å². The third-order valence-electron chi connectivity index (χ3n) is 4.50. The zero-order chi connectivity index (χ0) is 24.8. The van der Waals surface area contributed by atoms with E-state index in [0.717, 1.165) is 15.8 Å². The molecule has 2 heterocycles. The summed E-state index contributed by atoms with van der Waals surface area (Å²) in [5, 5.41) is 7.12. The molecule has 0 saturated heterocycles. The van der Waals surface area contributed by atoms with E-state index in [9.17, 15) is 18.0 Å². The van der Waals surface area contributed by atoms with E-state index in [2.05, 4.69) is 36.3 Å². The van der Waals surface area contributed by atoms with E-state index >= 15 is 0 Å². The molecule has 9 nitrogen and oxygen atoms in total. The maximum absolute atomic E-state index is 13.0. The standard InChI is InChI=1S/C23H17BrN4O5S2/c24-16-5-3-15(4-6-16)14-19(27-22(30)20-2-1-12-33-20)21(29)26-17-7-9-18(10-8-17)35(31,32)28-23-25-11-13-34-23/h1-14H,(H,25,28)(H,26,29)(H,27,30)/b19-14-. The van der Waals surface area contributed by atoms with Crippen molar-refractivity contribution >= 4 is 66.0 Å². The Morgan fingerprint density at radius 2 is 1.77 bits per heavy atom. The molecule has 0 bridgehead atoms. The first-order valence-corrected chi connectivity index (χ1v) is 13.1. The predicted octanol–water partition coefficient (Wildman–Crippen LogP) is 4.71. The van der Waals surface area contributed by atoms with Crippen LogP contribution in [0, 0.1) is 0 Å². The van der Waals surface area contributed by atoms with Crippen LogP contribution in [0.3, 0.4) is 0 Å². The van der Waals surface area contributed by atoms with Gasteiger partial charge in [0.25, 0.3) is 21.8 Å². The Hall–Kier alpha value is -3.74. The second-order valence-electron chi connectivity index (χ2n) is 6.96. The largest absolute Gasteiger partial charge is 0.459 e. The van der Waals surface area contributed by atoms with E-state index in [4.69, 9.17) is 4.42 Å². The molecule has 2 aromatic heterocycles. The molecule has 0 saturated carbocycles. The van der Waals surface area contributed by atoms with Gasteiger partial charge in [-0.05, 0) is 60.2 Å². The van der Waals surface area contributed by atoms with Crippen LogP contribution in [0.1, 0.15) is 16.1 Å². The lowest BCUT2D eigenvalue weighted by molar-refractivity contribution is -0.113. The number of furan rings is 1.